The molecule has 0 fully saturated rings. The van der Waals surface area contributed by atoms with Crippen LogP contribution < -0.4 is 10.6 Å². The number of hydrogen-bond acceptors (Lipinski definition) is 2. The number of halogens is 1. The van der Waals surface area contributed by atoms with Gasteiger partial charge in [0.25, 0.3) is 0 Å². The molecule has 0 aliphatic carbocycles. The average Bonchev–Trinajstić information content (AvgIpc) is 2.56. The molecule has 23 heavy (non-hydrogen) atoms. The predicted molar refractivity (Wildman–Crippen MR) is 95.9 cm³/mol. The molecular weight excluding hydrogens is 356 g/mol. The second-order valence-electron chi connectivity index (χ2n) is 4.97. The number of carbonyl (C=O) groups excluding carboxylic acids is 2. The molecule has 118 valence electrons. The molecule has 2 aromatic carbocycles. The van der Waals surface area contributed by atoms with Gasteiger partial charge in [0.1, 0.15) is 6.04 Å². The van der Waals surface area contributed by atoms with Crippen LogP contribution in [0.25, 0.3) is 6.08 Å². The standard InChI is InChI=1S/C18H17BrN2O2/c1-13(18(23)21-16-10-8-15(19)9-11-16)20-17(22)12-7-14-5-3-2-4-6-14/h2-13H,1H3,(H,20,22)(H,21,23)/b12-7+/t13-/m0/s1. The number of benzene rings is 2. The van der Waals surface area contributed by atoms with Crippen molar-refractivity contribution in [1.29, 1.82) is 0 Å². The Bertz CT molecular complexity index is 697. The summed E-state index contributed by atoms with van der Waals surface area (Å²) in [5.41, 5.74) is 1.61. The fourth-order valence-electron chi connectivity index (χ4n) is 1.85. The third kappa shape index (κ3) is 5.71. The van der Waals surface area contributed by atoms with Crippen LogP contribution >= 0.6 is 15.9 Å². The summed E-state index contributed by atoms with van der Waals surface area (Å²) in [6.45, 7) is 1.64. The van der Waals surface area contributed by atoms with Gasteiger partial charge in [-0.1, -0.05) is 46.3 Å². The number of carbonyl (C=O) groups is 2. The van der Waals surface area contributed by atoms with Crippen molar-refractivity contribution in [2.45, 2.75) is 13.0 Å². The van der Waals surface area contributed by atoms with Crippen molar-refractivity contribution in [3.05, 3.63) is 70.7 Å². The van der Waals surface area contributed by atoms with Crippen LogP contribution in [0.5, 0.6) is 0 Å². The van der Waals surface area contributed by atoms with Gasteiger partial charge in [-0.25, -0.2) is 0 Å². The lowest BCUT2D eigenvalue weighted by molar-refractivity contribution is -0.123. The fraction of sp³-hybridized carbons (Fsp3) is 0.111. The molecule has 2 N–H and O–H groups in total. The molecule has 2 amide bonds. The van der Waals surface area contributed by atoms with Gasteiger partial charge in [0.15, 0.2) is 0 Å². The number of nitrogens with one attached hydrogen (secondary N) is 2. The van der Waals surface area contributed by atoms with E-state index in [1.54, 1.807) is 25.1 Å². The Labute approximate surface area is 143 Å². The SMILES string of the molecule is C[C@H](NC(=O)/C=C/c1ccccc1)C(=O)Nc1ccc(Br)cc1. The molecule has 1 atom stereocenters. The van der Waals surface area contributed by atoms with E-state index in [0.717, 1.165) is 10.0 Å². The first kappa shape index (κ1) is 17.0. The van der Waals surface area contributed by atoms with Gasteiger partial charge in [0.2, 0.25) is 11.8 Å². The zero-order valence-corrected chi connectivity index (χ0v) is 14.2. The summed E-state index contributed by atoms with van der Waals surface area (Å²) in [7, 11) is 0. The Morgan fingerprint density at radius 2 is 1.70 bits per heavy atom. The van der Waals surface area contributed by atoms with Gasteiger partial charge in [-0.15, -0.1) is 0 Å². The lowest BCUT2D eigenvalue weighted by Gasteiger charge is -2.13. The third-order valence-electron chi connectivity index (χ3n) is 3.09. The number of rotatable bonds is 5. The molecular formula is C18H17BrN2O2. The van der Waals surface area contributed by atoms with Crippen molar-refractivity contribution < 1.29 is 9.59 Å². The van der Waals surface area contributed by atoms with Gasteiger partial charge in [-0.2, -0.15) is 0 Å². The maximum Gasteiger partial charge on any atom is 0.246 e. The van der Waals surface area contributed by atoms with Crippen molar-refractivity contribution in [2.24, 2.45) is 0 Å². The van der Waals surface area contributed by atoms with E-state index < -0.39 is 6.04 Å². The summed E-state index contributed by atoms with van der Waals surface area (Å²) in [5.74, 6) is -0.582. The van der Waals surface area contributed by atoms with Crippen LogP contribution in [0.3, 0.4) is 0 Å². The first-order valence-electron chi connectivity index (χ1n) is 7.14. The highest BCUT2D eigenvalue weighted by Crippen LogP contribution is 2.14. The van der Waals surface area contributed by atoms with Crippen molar-refractivity contribution in [2.75, 3.05) is 5.32 Å². The van der Waals surface area contributed by atoms with Gasteiger partial charge in [-0.05, 0) is 42.8 Å². The number of anilines is 1. The van der Waals surface area contributed by atoms with E-state index in [2.05, 4.69) is 26.6 Å². The van der Waals surface area contributed by atoms with E-state index in [1.165, 1.54) is 6.08 Å². The second kappa shape index (κ2) is 8.29. The van der Waals surface area contributed by atoms with Crippen molar-refractivity contribution in [3.8, 4) is 0 Å². The smallest absolute Gasteiger partial charge is 0.246 e. The van der Waals surface area contributed by atoms with Crippen LogP contribution in [0.2, 0.25) is 0 Å². The minimum absolute atomic E-state index is 0.270. The van der Waals surface area contributed by atoms with E-state index in [4.69, 9.17) is 0 Å². The van der Waals surface area contributed by atoms with Crippen molar-refractivity contribution in [1.82, 2.24) is 5.32 Å². The van der Waals surface area contributed by atoms with E-state index in [0.29, 0.717) is 5.69 Å². The van der Waals surface area contributed by atoms with Crippen LogP contribution in [0.15, 0.2) is 65.1 Å². The Balaban J connectivity index is 1.86. The van der Waals surface area contributed by atoms with Crippen molar-refractivity contribution in [3.63, 3.8) is 0 Å². The topological polar surface area (TPSA) is 58.2 Å². The fourth-order valence-corrected chi connectivity index (χ4v) is 2.11. The molecule has 2 rings (SSSR count). The summed E-state index contributed by atoms with van der Waals surface area (Å²) < 4.78 is 0.933. The van der Waals surface area contributed by atoms with E-state index in [9.17, 15) is 9.59 Å². The van der Waals surface area contributed by atoms with Gasteiger partial charge in [0.05, 0.1) is 0 Å². The molecule has 0 aliphatic rings. The lowest BCUT2D eigenvalue weighted by atomic mass is 10.2. The molecule has 0 saturated carbocycles. The largest absolute Gasteiger partial charge is 0.341 e. The lowest BCUT2D eigenvalue weighted by Crippen LogP contribution is -2.40. The van der Waals surface area contributed by atoms with E-state index in [1.807, 2.05) is 42.5 Å². The molecule has 0 radical (unpaired) electrons. The minimum Gasteiger partial charge on any atom is -0.341 e. The van der Waals surface area contributed by atoms with Gasteiger partial charge in [-0.3, -0.25) is 9.59 Å². The predicted octanol–water partition coefficient (Wildman–Crippen LogP) is 3.61. The molecule has 0 aromatic heterocycles. The molecule has 0 saturated heterocycles. The van der Waals surface area contributed by atoms with Crippen LogP contribution in [0, 0.1) is 0 Å². The quantitative estimate of drug-likeness (QED) is 0.787. The second-order valence-corrected chi connectivity index (χ2v) is 5.89. The molecule has 0 spiro atoms. The average molecular weight is 373 g/mol. The third-order valence-corrected chi connectivity index (χ3v) is 3.62. The number of amides is 2. The molecule has 0 unspecified atom stereocenters. The first-order valence-corrected chi connectivity index (χ1v) is 7.94. The van der Waals surface area contributed by atoms with Crippen LogP contribution in [-0.2, 0) is 9.59 Å². The van der Waals surface area contributed by atoms with Gasteiger partial charge in [0, 0.05) is 16.2 Å². The molecule has 0 heterocycles. The van der Waals surface area contributed by atoms with E-state index in [-0.39, 0.29) is 11.8 Å². The molecule has 4 nitrogen and oxygen atoms in total. The molecule has 5 heteroatoms. The zero-order valence-electron chi connectivity index (χ0n) is 12.6. The zero-order chi connectivity index (χ0) is 16.7. The monoisotopic (exact) mass is 372 g/mol. The normalized spacial score (nSPS) is 11.9. The summed E-state index contributed by atoms with van der Waals surface area (Å²) >= 11 is 3.33. The Hall–Kier alpha value is -2.40. The highest BCUT2D eigenvalue weighted by molar-refractivity contribution is 9.10. The highest BCUT2D eigenvalue weighted by atomic mass is 79.9. The maximum atomic E-state index is 12.0. The summed E-state index contributed by atoms with van der Waals surface area (Å²) in [6.07, 6.45) is 3.12. The molecule has 2 aromatic rings. The Kier molecular flexibility index (Phi) is 6.11. The summed E-state index contributed by atoms with van der Waals surface area (Å²) in [5, 5.41) is 5.38. The Morgan fingerprint density at radius 3 is 2.35 bits per heavy atom. The first-order chi connectivity index (χ1) is 11.0. The van der Waals surface area contributed by atoms with Crippen LogP contribution in [-0.4, -0.2) is 17.9 Å². The number of hydrogen-bond donors (Lipinski definition) is 2. The minimum atomic E-state index is -0.633. The van der Waals surface area contributed by atoms with Crippen molar-refractivity contribution >= 4 is 39.5 Å². The van der Waals surface area contributed by atoms with Crippen LogP contribution in [0.4, 0.5) is 5.69 Å². The van der Waals surface area contributed by atoms with Gasteiger partial charge >= 0.3 is 0 Å². The maximum absolute atomic E-state index is 12.0. The van der Waals surface area contributed by atoms with E-state index >= 15 is 0 Å². The summed E-state index contributed by atoms with van der Waals surface area (Å²) in [6, 6.07) is 16.1. The molecule has 0 aliphatic heterocycles. The van der Waals surface area contributed by atoms with Gasteiger partial charge < -0.3 is 10.6 Å². The summed E-state index contributed by atoms with van der Waals surface area (Å²) in [4.78, 5) is 23.9. The molecule has 0 bridgehead atoms. The highest BCUT2D eigenvalue weighted by Gasteiger charge is 2.14. The Morgan fingerprint density at radius 1 is 1.04 bits per heavy atom. The van der Waals surface area contributed by atoms with Crippen LogP contribution in [0.1, 0.15) is 12.5 Å².